The third-order valence-electron chi connectivity index (χ3n) is 4.68. The van der Waals surface area contributed by atoms with Crippen LogP contribution in [0.1, 0.15) is 25.5 Å². The maximum atomic E-state index is 13.3. The Balaban J connectivity index is 1.95. The Morgan fingerprint density at radius 1 is 1.42 bits per heavy atom. The highest BCUT2D eigenvalue weighted by molar-refractivity contribution is 7.13. The van der Waals surface area contributed by atoms with Crippen LogP contribution in [0.4, 0.5) is 5.13 Å². The van der Waals surface area contributed by atoms with Crippen molar-refractivity contribution in [3.63, 3.8) is 0 Å². The largest absolute Gasteiger partial charge is 0.477 e. The van der Waals surface area contributed by atoms with Crippen molar-refractivity contribution >= 4 is 51.9 Å². The minimum absolute atomic E-state index is 0.0365. The van der Waals surface area contributed by atoms with Crippen molar-refractivity contribution in [3.05, 3.63) is 11.1 Å². The zero-order valence-electron chi connectivity index (χ0n) is 17.4. The second kappa shape index (κ2) is 8.99. The topological polar surface area (TPSA) is 209 Å². The van der Waals surface area contributed by atoms with Gasteiger partial charge < -0.3 is 30.5 Å². The Morgan fingerprint density at radius 3 is 2.67 bits per heavy atom. The number of thiazole rings is 1. The van der Waals surface area contributed by atoms with Gasteiger partial charge in [-0.25, -0.2) is 9.78 Å². The van der Waals surface area contributed by atoms with E-state index in [-0.39, 0.29) is 29.4 Å². The highest BCUT2D eigenvalue weighted by atomic mass is 32.1. The molecule has 2 aliphatic heterocycles. The SMILES string of the molecule is CO/N=C(\C(=O)NC1(COC(C)=O)CON(C2(C(=O)O)CCC(=O)O2)C1=O)c1csc(N)n1. The molecule has 33 heavy (non-hydrogen) atoms. The van der Waals surface area contributed by atoms with Crippen LogP contribution in [0, 0.1) is 0 Å². The maximum Gasteiger partial charge on any atom is 0.372 e. The van der Waals surface area contributed by atoms with Gasteiger partial charge in [-0.3, -0.25) is 24.0 Å². The van der Waals surface area contributed by atoms with Gasteiger partial charge in [0, 0.05) is 18.7 Å². The van der Waals surface area contributed by atoms with E-state index < -0.39 is 54.2 Å². The summed E-state index contributed by atoms with van der Waals surface area (Å²) in [6, 6.07) is 0. The lowest BCUT2D eigenvalue weighted by molar-refractivity contribution is -0.256. The number of nitrogens with two attached hydrogens (primary N) is 1. The minimum Gasteiger partial charge on any atom is -0.477 e. The molecule has 3 heterocycles. The molecule has 0 spiro atoms. The number of amides is 2. The number of carbonyl (C=O) groups is 5. The lowest BCUT2D eigenvalue weighted by Gasteiger charge is -2.32. The quantitative estimate of drug-likeness (QED) is 0.216. The summed E-state index contributed by atoms with van der Waals surface area (Å²) < 4.78 is 9.84. The molecule has 0 radical (unpaired) electrons. The predicted molar refractivity (Wildman–Crippen MR) is 106 cm³/mol. The van der Waals surface area contributed by atoms with Crippen LogP contribution in [-0.4, -0.2) is 82.2 Å². The average Bonchev–Trinajstić information content (AvgIpc) is 3.43. The molecule has 3 rings (SSSR count). The van der Waals surface area contributed by atoms with Crippen LogP contribution in [0.25, 0.3) is 0 Å². The predicted octanol–water partition coefficient (Wildman–Crippen LogP) is -1.61. The molecule has 0 aromatic carbocycles. The number of nitrogens with zero attached hydrogens (tertiary/aromatic N) is 3. The van der Waals surface area contributed by atoms with Crippen molar-refractivity contribution in [1.29, 1.82) is 0 Å². The number of aliphatic carboxylic acids is 1. The van der Waals surface area contributed by atoms with Gasteiger partial charge in [-0.1, -0.05) is 5.16 Å². The standard InChI is InChI=1S/C17H19N5O10S/c1-8(23)30-6-16(20-12(25)11(21-29-2)9-5-33-15(18)19-9)7-31-22(13(16)26)17(14(27)28)4-3-10(24)32-17/h5H,3-4,6-7H2,1-2H3,(H2,18,19)(H,20,25)(H,27,28)/b21-11-. The summed E-state index contributed by atoms with van der Waals surface area (Å²) in [5, 5.41) is 17.5. The molecular weight excluding hydrogens is 466 g/mol. The highest BCUT2D eigenvalue weighted by Crippen LogP contribution is 2.36. The van der Waals surface area contributed by atoms with Gasteiger partial charge in [0.2, 0.25) is 0 Å². The van der Waals surface area contributed by atoms with Gasteiger partial charge in [0.05, 0.1) is 6.42 Å². The fraction of sp³-hybridized carbons (Fsp3) is 0.471. The smallest absolute Gasteiger partial charge is 0.372 e. The fourth-order valence-electron chi connectivity index (χ4n) is 3.12. The van der Waals surface area contributed by atoms with E-state index in [1.807, 2.05) is 0 Å². The number of aromatic nitrogens is 1. The van der Waals surface area contributed by atoms with Crippen molar-refractivity contribution in [1.82, 2.24) is 15.4 Å². The molecule has 0 bridgehead atoms. The number of hydrogen-bond acceptors (Lipinski definition) is 13. The Bertz CT molecular complexity index is 1040. The third kappa shape index (κ3) is 4.42. The van der Waals surface area contributed by atoms with Gasteiger partial charge in [0.1, 0.15) is 26.0 Å². The number of oxime groups is 1. The molecule has 4 N–H and O–H groups in total. The third-order valence-corrected chi connectivity index (χ3v) is 5.36. The van der Waals surface area contributed by atoms with E-state index >= 15 is 0 Å². The minimum atomic E-state index is -2.44. The first kappa shape index (κ1) is 23.9. The van der Waals surface area contributed by atoms with Gasteiger partial charge >= 0.3 is 23.6 Å². The van der Waals surface area contributed by atoms with Crippen molar-refractivity contribution in [2.24, 2.45) is 5.16 Å². The average molecular weight is 485 g/mol. The van der Waals surface area contributed by atoms with Crippen molar-refractivity contribution in [3.8, 4) is 0 Å². The highest BCUT2D eigenvalue weighted by Gasteiger charge is 2.64. The molecule has 15 nitrogen and oxygen atoms in total. The molecule has 0 aliphatic carbocycles. The van der Waals surface area contributed by atoms with Crippen LogP contribution in [0.3, 0.4) is 0 Å². The van der Waals surface area contributed by atoms with Gasteiger partial charge in [0.25, 0.3) is 11.8 Å². The van der Waals surface area contributed by atoms with Gasteiger partial charge in [-0.2, -0.15) is 5.06 Å². The first-order valence-electron chi connectivity index (χ1n) is 9.26. The van der Waals surface area contributed by atoms with Crippen LogP contribution in [0.15, 0.2) is 10.5 Å². The molecule has 16 heteroatoms. The van der Waals surface area contributed by atoms with E-state index in [1.54, 1.807) is 0 Å². The molecule has 2 atom stereocenters. The van der Waals surface area contributed by atoms with Crippen LogP contribution >= 0.6 is 11.3 Å². The molecule has 2 saturated heterocycles. The summed E-state index contributed by atoms with van der Waals surface area (Å²) >= 11 is 1.02. The number of hydroxylamine groups is 2. The molecule has 2 amide bonds. The van der Waals surface area contributed by atoms with Crippen LogP contribution in [0.2, 0.25) is 0 Å². The van der Waals surface area contributed by atoms with Gasteiger partial charge in [0.15, 0.2) is 16.4 Å². The summed E-state index contributed by atoms with van der Waals surface area (Å²) in [6.45, 7) is -0.287. The zero-order valence-corrected chi connectivity index (χ0v) is 18.2. The number of carboxylic acids is 1. The molecule has 178 valence electrons. The number of rotatable bonds is 8. The van der Waals surface area contributed by atoms with Gasteiger partial charge in [-0.05, 0) is 0 Å². The Labute approximate surface area is 189 Å². The fourth-order valence-corrected chi connectivity index (χ4v) is 3.67. The number of hydrogen-bond donors (Lipinski definition) is 3. The van der Waals surface area contributed by atoms with Crippen molar-refractivity contribution < 1.29 is 48.2 Å². The Hall–Kier alpha value is -3.79. The summed E-state index contributed by atoms with van der Waals surface area (Å²) in [5.74, 6) is -5.40. The molecule has 1 aromatic heterocycles. The van der Waals surface area contributed by atoms with Crippen molar-refractivity contribution in [2.45, 2.75) is 31.0 Å². The second-order valence-corrected chi connectivity index (χ2v) is 7.84. The second-order valence-electron chi connectivity index (χ2n) is 6.95. The monoisotopic (exact) mass is 485 g/mol. The number of carbonyl (C=O) groups excluding carboxylic acids is 4. The van der Waals surface area contributed by atoms with Crippen LogP contribution in [0.5, 0.6) is 0 Å². The number of nitrogen functional groups attached to an aromatic ring is 1. The summed E-state index contributed by atoms with van der Waals surface area (Å²) in [6.07, 6.45) is -0.669. The number of esters is 2. The molecule has 2 unspecified atom stereocenters. The van der Waals surface area contributed by atoms with E-state index in [2.05, 4.69) is 20.3 Å². The molecule has 0 saturated carbocycles. The first-order chi connectivity index (χ1) is 15.5. The lowest BCUT2D eigenvalue weighted by Crippen LogP contribution is -2.64. The maximum absolute atomic E-state index is 13.3. The number of ether oxygens (including phenoxy) is 2. The van der Waals surface area contributed by atoms with E-state index in [0.29, 0.717) is 5.06 Å². The molecule has 2 fully saturated rings. The molecule has 1 aromatic rings. The summed E-state index contributed by atoms with van der Waals surface area (Å²) in [7, 11) is 1.17. The van der Waals surface area contributed by atoms with E-state index in [1.165, 1.54) is 12.5 Å². The first-order valence-corrected chi connectivity index (χ1v) is 10.1. The Kier molecular flexibility index (Phi) is 6.50. The molecule has 2 aliphatic rings. The van der Waals surface area contributed by atoms with Gasteiger partial charge in [-0.15, -0.1) is 11.3 Å². The number of anilines is 1. The number of cyclic esters (lactones) is 1. The van der Waals surface area contributed by atoms with E-state index in [0.717, 1.165) is 18.3 Å². The molecular formula is C17H19N5O10S. The normalized spacial score (nSPS) is 25.0. The zero-order chi connectivity index (χ0) is 24.4. The van der Waals surface area contributed by atoms with Crippen LogP contribution < -0.4 is 11.1 Å². The lowest BCUT2D eigenvalue weighted by atomic mass is 9.99. The number of nitrogens with one attached hydrogen (secondary N) is 1. The number of carboxylic acid groups (broad SMARTS) is 1. The van der Waals surface area contributed by atoms with Crippen LogP contribution in [-0.2, 0) is 43.1 Å². The van der Waals surface area contributed by atoms with Crippen molar-refractivity contribution in [2.75, 3.05) is 26.1 Å². The van der Waals surface area contributed by atoms with E-state index in [4.69, 9.17) is 20.0 Å². The van der Waals surface area contributed by atoms with E-state index in [9.17, 15) is 29.1 Å². The summed E-state index contributed by atoms with van der Waals surface area (Å²) in [4.78, 5) is 75.2. The summed E-state index contributed by atoms with van der Waals surface area (Å²) in [5.41, 5.74) is 0.753. The Morgan fingerprint density at radius 2 is 2.15 bits per heavy atom.